The molecule has 1 aromatic heterocycles. The van der Waals surface area contributed by atoms with Crippen LogP contribution in [0.4, 0.5) is 32.2 Å². The summed E-state index contributed by atoms with van der Waals surface area (Å²) in [6, 6.07) is 0. The Hall–Kier alpha value is -0.810. The minimum absolute atomic E-state index is 0.834. The van der Waals surface area contributed by atoms with Gasteiger partial charge in [-0.3, -0.25) is 0 Å². The Morgan fingerprint density at radius 3 is 1.75 bits per heavy atom. The zero-order valence-electron chi connectivity index (χ0n) is 9.20. The lowest BCUT2D eigenvalue weighted by molar-refractivity contribution is -0.392. The zero-order valence-corrected chi connectivity index (χ0v) is 11.5. The summed E-state index contributed by atoms with van der Waals surface area (Å²) in [6.45, 7) is 0. The van der Waals surface area contributed by atoms with E-state index in [2.05, 4.69) is 0 Å². The highest BCUT2D eigenvalue weighted by Gasteiger charge is 2.54. The van der Waals surface area contributed by atoms with E-state index < -0.39 is 47.7 Å². The Kier molecular flexibility index (Phi) is 4.21. The second-order valence-electron chi connectivity index (χ2n) is 3.53. The third-order valence-corrected chi connectivity index (χ3v) is 4.00. The van der Waals surface area contributed by atoms with Crippen LogP contribution in [0.3, 0.4) is 0 Å². The van der Waals surface area contributed by atoms with Gasteiger partial charge in [0.1, 0.15) is 5.56 Å². The molecule has 4 nitrogen and oxygen atoms in total. The standard InChI is InChI=1S/C7H4Cl2F6N2O2S/c1-20(8,9)5-3(7(13,14)15)2(6(10,11)12)4(16-5)17(18)19/h16H,1H3. The van der Waals surface area contributed by atoms with Gasteiger partial charge in [-0.25, -0.2) is 4.98 Å². The fourth-order valence-corrected chi connectivity index (χ4v) is 2.96. The van der Waals surface area contributed by atoms with Crippen molar-refractivity contribution >= 4 is 35.6 Å². The van der Waals surface area contributed by atoms with E-state index in [4.69, 9.17) is 21.4 Å². The fourth-order valence-electron chi connectivity index (χ4n) is 1.42. The van der Waals surface area contributed by atoms with Gasteiger partial charge in [0.2, 0.25) is 0 Å². The van der Waals surface area contributed by atoms with Crippen LogP contribution in [0.1, 0.15) is 11.1 Å². The lowest BCUT2D eigenvalue weighted by atomic mass is 10.1. The molecule has 1 rings (SSSR count). The molecular formula is C7H4Cl2F6N2O2S. The van der Waals surface area contributed by atoms with Gasteiger partial charge >= 0.3 is 18.2 Å². The van der Waals surface area contributed by atoms with Crippen LogP contribution in [0.5, 0.6) is 0 Å². The minimum atomic E-state index is -5.60. The van der Waals surface area contributed by atoms with Gasteiger partial charge in [0.05, 0.1) is 0 Å². The number of nitrogens with one attached hydrogen (secondary N) is 1. The molecule has 0 spiro atoms. The lowest BCUT2D eigenvalue weighted by Crippen LogP contribution is -2.16. The summed E-state index contributed by atoms with van der Waals surface area (Å²) < 4.78 is 76.5. The molecule has 0 radical (unpaired) electrons. The molecule has 0 aliphatic carbocycles. The minimum Gasteiger partial charge on any atom is -0.358 e. The first-order chi connectivity index (χ1) is 8.67. The maximum Gasteiger partial charge on any atom is 0.425 e. The molecule has 0 aromatic carbocycles. The van der Waals surface area contributed by atoms with Crippen LogP contribution in [0.25, 0.3) is 0 Å². The van der Waals surface area contributed by atoms with Gasteiger partial charge in [-0.2, -0.15) is 26.3 Å². The number of hydrogen-bond donors (Lipinski definition) is 1. The highest BCUT2D eigenvalue weighted by atomic mass is 36.0. The normalized spacial score (nSPS) is 14.4. The molecule has 20 heavy (non-hydrogen) atoms. The molecule has 0 saturated carbocycles. The monoisotopic (exact) mass is 364 g/mol. The predicted octanol–water partition coefficient (Wildman–Crippen LogP) is 5.06. The highest BCUT2D eigenvalue weighted by molar-refractivity contribution is 8.65. The largest absolute Gasteiger partial charge is 0.425 e. The lowest BCUT2D eigenvalue weighted by Gasteiger charge is -2.18. The number of H-pyrrole nitrogens is 1. The molecule has 1 aromatic rings. The molecule has 0 bridgehead atoms. The number of hydrogen-bond acceptors (Lipinski definition) is 2. The Morgan fingerprint density at radius 1 is 1.10 bits per heavy atom. The summed E-state index contributed by atoms with van der Waals surface area (Å²) in [7, 11) is 7.53. The zero-order chi connectivity index (χ0) is 16.1. The number of nitrogens with zero attached hydrogens (tertiary/aromatic N) is 1. The van der Waals surface area contributed by atoms with Gasteiger partial charge in [0, 0.05) is 0 Å². The number of aromatic nitrogens is 1. The predicted molar refractivity (Wildman–Crippen MR) is 60.9 cm³/mol. The van der Waals surface area contributed by atoms with Crippen molar-refractivity contribution in [3.8, 4) is 0 Å². The van der Waals surface area contributed by atoms with Gasteiger partial charge in [-0.1, -0.05) is 0 Å². The van der Waals surface area contributed by atoms with E-state index in [0.717, 1.165) is 6.26 Å². The molecule has 0 saturated heterocycles. The molecule has 0 fully saturated rings. The molecule has 0 unspecified atom stereocenters. The Balaban J connectivity index is 3.88. The summed E-state index contributed by atoms with van der Waals surface area (Å²) in [6.07, 6.45) is -10.3. The Morgan fingerprint density at radius 2 is 1.50 bits per heavy atom. The second-order valence-corrected chi connectivity index (χ2v) is 9.57. The SMILES string of the molecule is CS(Cl)(Cl)c1[nH]c([N+](=O)[O-])c(C(F)(F)F)c1C(F)(F)F. The van der Waals surface area contributed by atoms with Crippen molar-refractivity contribution in [1.82, 2.24) is 4.98 Å². The summed E-state index contributed by atoms with van der Waals surface area (Å²) in [5.74, 6) is -1.85. The van der Waals surface area contributed by atoms with Crippen LogP contribution in [0, 0.1) is 10.1 Å². The molecule has 0 aliphatic rings. The van der Waals surface area contributed by atoms with Gasteiger partial charge in [0.25, 0.3) is 0 Å². The third-order valence-electron chi connectivity index (χ3n) is 2.05. The number of halogens is 8. The van der Waals surface area contributed by atoms with Gasteiger partial charge in [-0.05, 0) is 41.0 Å². The van der Waals surface area contributed by atoms with Crippen LogP contribution < -0.4 is 0 Å². The van der Waals surface area contributed by atoms with Crippen LogP contribution in [0.2, 0.25) is 0 Å². The third kappa shape index (κ3) is 3.26. The van der Waals surface area contributed by atoms with Crippen LogP contribution >= 0.6 is 29.8 Å². The number of alkyl halides is 6. The first-order valence-electron chi connectivity index (χ1n) is 4.39. The average Bonchev–Trinajstić information content (AvgIpc) is 2.54. The van der Waals surface area contributed by atoms with E-state index in [1.54, 1.807) is 0 Å². The molecule has 0 atom stereocenters. The smallest absolute Gasteiger partial charge is 0.358 e. The van der Waals surface area contributed by atoms with Crippen molar-refractivity contribution in [3.63, 3.8) is 0 Å². The van der Waals surface area contributed by atoms with Crippen molar-refractivity contribution < 1.29 is 31.3 Å². The van der Waals surface area contributed by atoms with E-state index in [1.165, 1.54) is 4.98 Å². The molecule has 13 heteroatoms. The van der Waals surface area contributed by atoms with E-state index in [-0.39, 0.29) is 0 Å². The van der Waals surface area contributed by atoms with Gasteiger partial charge in [0.15, 0.2) is 10.6 Å². The Bertz CT molecular complexity index is 547. The highest BCUT2D eigenvalue weighted by Crippen LogP contribution is 2.66. The average molecular weight is 365 g/mol. The Labute approximate surface area is 117 Å². The van der Waals surface area contributed by atoms with E-state index >= 15 is 0 Å². The van der Waals surface area contributed by atoms with E-state index in [9.17, 15) is 36.5 Å². The number of aromatic amines is 1. The maximum absolute atomic E-state index is 12.8. The van der Waals surface area contributed by atoms with Crippen molar-refractivity contribution in [1.29, 1.82) is 0 Å². The molecule has 1 N–H and O–H groups in total. The van der Waals surface area contributed by atoms with Crippen molar-refractivity contribution in [3.05, 3.63) is 21.2 Å². The second kappa shape index (κ2) is 4.88. The van der Waals surface area contributed by atoms with E-state index in [1.807, 2.05) is 0 Å². The molecule has 0 amide bonds. The summed E-state index contributed by atoms with van der Waals surface area (Å²) in [4.78, 5) is 10.3. The summed E-state index contributed by atoms with van der Waals surface area (Å²) in [5, 5.41) is 9.26. The topological polar surface area (TPSA) is 58.9 Å². The van der Waals surface area contributed by atoms with Crippen molar-refractivity contribution in [2.24, 2.45) is 0 Å². The molecule has 0 aliphatic heterocycles. The quantitative estimate of drug-likeness (QED) is 0.452. The molecule has 1 heterocycles. The summed E-state index contributed by atoms with van der Waals surface area (Å²) >= 11 is 0. The van der Waals surface area contributed by atoms with Gasteiger partial charge < -0.3 is 10.1 Å². The number of nitro groups is 1. The fraction of sp³-hybridized carbons (Fsp3) is 0.429. The van der Waals surface area contributed by atoms with Gasteiger partial charge in [-0.15, -0.1) is 0 Å². The van der Waals surface area contributed by atoms with Crippen molar-refractivity contribution in [2.75, 3.05) is 6.26 Å². The van der Waals surface area contributed by atoms with Crippen molar-refractivity contribution in [2.45, 2.75) is 17.4 Å². The first-order valence-corrected chi connectivity index (χ1v) is 8.09. The van der Waals surface area contributed by atoms with Crippen LogP contribution in [0.15, 0.2) is 5.03 Å². The summed E-state index contributed by atoms with van der Waals surface area (Å²) in [5.41, 5.74) is -4.70. The first kappa shape index (κ1) is 17.2. The van der Waals surface area contributed by atoms with E-state index in [0.29, 0.717) is 0 Å². The van der Waals surface area contributed by atoms with Crippen LogP contribution in [-0.2, 0) is 12.4 Å². The number of rotatable bonds is 2. The maximum atomic E-state index is 12.8. The molecule has 116 valence electrons. The molecular weight excluding hydrogens is 361 g/mol. The van der Waals surface area contributed by atoms with Crippen LogP contribution in [-0.4, -0.2) is 16.2 Å².